The zero-order chi connectivity index (χ0) is 11.3. The van der Waals surface area contributed by atoms with Crippen LogP contribution in [0.5, 0.6) is 17.2 Å². The van der Waals surface area contributed by atoms with Crippen LogP contribution in [0, 0.1) is 0 Å². The van der Waals surface area contributed by atoms with Crippen LogP contribution in [0.3, 0.4) is 0 Å². The topological polar surface area (TPSA) is 47.9 Å². The summed E-state index contributed by atoms with van der Waals surface area (Å²) < 4.78 is 15.5. The van der Waals surface area contributed by atoms with E-state index in [-0.39, 0.29) is 6.61 Å². The van der Waals surface area contributed by atoms with Crippen LogP contribution in [0.15, 0.2) is 12.1 Å². The Morgan fingerprint density at radius 1 is 1.00 bits per heavy atom. The van der Waals surface area contributed by atoms with Crippen LogP contribution in [0.1, 0.15) is 5.56 Å². The van der Waals surface area contributed by atoms with E-state index in [0.29, 0.717) is 23.7 Å². The first kappa shape index (κ1) is 11.7. The fourth-order valence-corrected chi connectivity index (χ4v) is 1.44. The van der Waals surface area contributed by atoms with Gasteiger partial charge in [0.15, 0.2) is 0 Å². The summed E-state index contributed by atoms with van der Waals surface area (Å²) in [6.45, 7) is 0.0546. The first-order valence-electron chi connectivity index (χ1n) is 4.66. The Hall–Kier alpha value is -1.42. The third-order valence-electron chi connectivity index (χ3n) is 2.18. The lowest BCUT2D eigenvalue weighted by Gasteiger charge is -2.14. The molecule has 0 spiro atoms. The maximum atomic E-state index is 8.94. The number of hydrogen-bond acceptors (Lipinski definition) is 4. The Kier molecular flexibility index (Phi) is 4.24. The van der Waals surface area contributed by atoms with E-state index in [1.807, 2.05) is 0 Å². The minimum Gasteiger partial charge on any atom is -0.496 e. The van der Waals surface area contributed by atoms with Crippen molar-refractivity contribution in [2.24, 2.45) is 0 Å². The van der Waals surface area contributed by atoms with Crippen LogP contribution in [0.25, 0.3) is 0 Å². The van der Waals surface area contributed by atoms with Gasteiger partial charge < -0.3 is 19.3 Å². The smallest absolute Gasteiger partial charge is 0.129 e. The molecule has 0 aromatic heterocycles. The van der Waals surface area contributed by atoms with E-state index in [0.717, 1.165) is 5.56 Å². The standard InChI is InChI=1S/C11H16O4/c1-13-8-6-10(14-2)9(4-5-12)11(7-8)15-3/h6-7,12H,4-5H2,1-3H3. The number of benzene rings is 1. The molecule has 0 radical (unpaired) electrons. The van der Waals surface area contributed by atoms with Crippen molar-refractivity contribution in [3.8, 4) is 17.2 Å². The predicted octanol–water partition coefficient (Wildman–Crippen LogP) is 1.25. The van der Waals surface area contributed by atoms with Gasteiger partial charge in [-0.05, 0) is 0 Å². The molecule has 0 aliphatic carbocycles. The zero-order valence-electron chi connectivity index (χ0n) is 9.24. The SMILES string of the molecule is COc1cc(OC)c(CCO)c(OC)c1. The van der Waals surface area contributed by atoms with Gasteiger partial charge in [0.1, 0.15) is 17.2 Å². The summed E-state index contributed by atoms with van der Waals surface area (Å²) in [4.78, 5) is 0. The molecule has 1 N–H and O–H groups in total. The van der Waals surface area contributed by atoms with Gasteiger partial charge in [-0.3, -0.25) is 0 Å². The highest BCUT2D eigenvalue weighted by molar-refractivity contribution is 5.50. The molecule has 1 rings (SSSR count). The predicted molar refractivity (Wildman–Crippen MR) is 56.9 cm³/mol. The largest absolute Gasteiger partial charge is 0.496 e. The molecular formula is C11H16O4. The normalized spacial score (nSPS) is 9.87. The van der Waals surface area contributed by atoms with Crippen molar-refractivity contribution in [2.45, 2.75) is 6.42 Å². The number of aliphatic hydroxyl groups excluding tert-OH is 1. The third kappa shape index (κ3) is 2.53. The Bertz CT molecular complexity index is 297. The van der Waals surface area contributed by atoms with Crippen molar-refractivity contribution >= 4 is 0 Å². The maximum Gasteiger partial charge on any atom is 0.129 e. The molecule has 4 nitrogen and oxygen atoms in total. The van der Waals surface area contributed by atoms with Crippen molar-refractivity contribution in [3.05, 3.63) is 17.7 Å². The highest BCUT2D eigenvalue weighted by Crippen LogP contribution is 2.34. The molecule has 0 aliphatic rings. The Morgan fingerprint density at radius 3 is 1.87 bits per heavy atom. The minimum atomic E-state index is 0.0546. The van der Waals surface area contributed by atoms with Crippen molar-refractivity contribution in [3.63, 3.8) is 0 Å². The number of rotatable bonds is 5. The Labute approximate surface area is 89.4 Å². The highest BCUT2D eigenvalue weighted by atomic mass is 16.5. The van der Waals surface area contributed by atoms with Crippen LogP contribution >= 0.6 is 0 Å². The number of methoxy groups -OCH3 is 3. The number of ether oxygens (including phenoxy) is 3. The van der Waals surface area contributed by atoms with Gasteiger partial charge in [0.2, 0.25) is 0 Å². The average Bonchev–Trinajstić information content (AvgIpc) is 2.29. The summed E-state index contributed by atoms with van der Waals surface area (Å²) in [7, 11) is 4.74. The van der Waals surface area contributed by atoms with Crippen LogP contribution in [0.4, 0.5) is 0 Å². The Balaban J connectivity index is 3.19. The summed E-state index contributed by atoms with van der Waals surface area (Å²) in [5.74, 6) is 2.01. The van der Waals surface area contributed by atoms with Crippen molar-refractivity contribution in [1.82, 2.24) is 0 Å². The van der Waals surface area contributed by atoms with Crippen molar-refractivity contribution in [2.75, 3.05) is 27.9 Å². The summed E-state index contributed by atoms with van der Waals surface area (Å²) in [6, 6.07) is 3.54. The van der Waals surface area contributed by atoms with Crippen molar-refractivity contribution < 1.29 is 19.3 Å². The van der Waals surface area contributed by atoms with E-state index < -0.39 is 0 Å². The lowest BCUT2D eigenvalue weighted by atomic mass is 10.1. The first-order valence-corrected chi connectivity index (χ1v) is 4.66. The molecule has 0 bridgehead atoms. The second kappa shape index (κ2) is 5.46. The Morgan fingerprint density at radius 2 is 1.53 bits per heavy atom. The lowest BCUT2D eigenvalue weighted by molar-refractivity contribution is 0.292. The molecule has 0 heterocycles. The summed E-state index contributed by atoms with van der Waals surface area (Å²) in [6.07, 6.45) is 0.496. The highest BCUT2D eigenvalue weighted by Gasteiger charge is 2.12. The van der Waals surface area contributed by atoms with Gasteiger partial charge in [0, 0.05) is 30.7 Å². The summed E-state index contributed by atoms with van der Waals surface area (Å²) in [5.41, 5.74) is 0.850. The van der Waals surface area contributed by atoms with E-state index in [1.54, 1.807) is 33.5 Å². The second-order valence-corrected chi connectivity index (χ2v) is 2.98. The monoisotopic (exact) mass is 212 g/mol. The molecule has 15 heavy (non-hydrogen) atoms. The van der Waals surface area contributed by atoms with E-state index in [4.69, 9.17) is 19.3 Å². The van der Waals surface area contributed by atoms with Crippen LogP contribution < -0.4 is 14.2 Å². The van der Waals surface area contributed by atoms with E-state index in [1.165, 1.54) is 0 Å². The fourth-order valence-electron chi connectivity index (χ4n) is 1.44. The average molecular weight is 212 g/mol. The molecule has 1 aromatic carbocycles. The molecule has 0 aliphatic heterocycles. The van der Waals surface area contributed by atoms with Gasteiger partial charge >= 0.3 is 0 Å². The van der Waals surface area contributed by atoms with E-state index >= 15 is 0 Å². The van der Waals surface area contributed by atoms with Crippen LogP contribution in [-0.2, 0) is 6.42 Å². The van der Waals surface area contributed by atoms with Gasteiger partial charge in [-0.1, -0.05) is 0 Å². The van der Waals surface area contributed by atoms with Gasteiger partial charge in [-0.2, -0.15) is 0 Å². The molecule has 0 fully saturated rings. The molecule has 0 saturated heterocycles. The molecule has 84 valence electrons. The second-order valence-electron chi connectivity index (χ2n) is 2.98. The summed E-state index contributed by atoms with van der Waals surface area (Å²) >= 11 is 0. The van der Waals surface area contributed by atoms with Gasteiger partial charge in [-0.25, -0.2) is 0 Å². The van der Waals surface area contributed by atoms with Gasteiger partial charge in [0.25, 0.3) is 0 Å². The lowest BCUT2D eigenvalue weighted by Crippen LogP contribution is -2.00. The quantitative estimate of drug-likeness (QED) is 0.798. The molecule has 4 heteroatoms. The third-order valence-corrected chi connectivity index (χ3v) is 2.18. The zero-order valence-corrected chi connectivity index (χ0v) is 9.24. The molecule has 0 amide bonds. The molecule has 0 saturated carbocycles. The summed E-state index contributed by atoms with van der Waals surface area (Å²) in [5, 5.41) is 8.94. The maximum absolute atomic E-state index is 8.94. The molecule has 0 unspecified atom stereocenters. The van der Waals surface area contributed by atoms with E-state index in [2.05, 4.69) is 0 Å². The number of hydrogen-bond donors (Lipinski definition) is 1. The number of aliphatic hydroxyl groups is 1. The van der Waals surface area contributed by atoms with Crippen molar-refractivity contribution in [1.29, 1.82) is 0 Å². The van der Waals surface area contributed by atoms with Crippen LogP contribution in [-0.4, -0.2) is 33.0 Å². The molecule has 0 atom stereocenters. The molecule has 1 aromatic rings. The molecular weight excluding hydrogens is 196 g/mol. The van der Waals surface area contributed by atoms with E-state index in [9.17, 15) is 0 Å². The fraction of sp³-hybridized carbons (Fsp3) is 0.455. The van der Waals surface area contributed by atoms with Gasteiger partial charge in [-0.15, -0.1) is 0 Å². The van der Waals surface area contributed by atoms with Crippen LogP contribution in [0.2, 0.25) is 0 Å². The van der Waals surface area contributed by atoms with Gasteiger partial charge in [0.05, 0.1) is 21.3 Å². The first-order chi connectivity index (χ1) is 7.26. The minimum absolute atomic E-state index is 0.0546.